The van der Waals surface area contributed by atoms with Gasteiger partial charge in [-0.15, -0.1) is 0 Å². The molecule has 0 spiro atoms. The molecule has 5 nitrogen and oxygen atoms in total. The largest absolute Gasteiger partial charge is 0.380 e. The van der Waals surface area contributed by atoms with E-state index in [0.29, 0.717) is 6.04 Å². The molecule has 2 fully saturated rings. The first-order chi connectivity index (χ1) is 11.1. The Morgan fingerprint density at radius 3 is 2.70 bits per heavy atom. The highest BCUT2D eigenvalue weighted by molar-refractivity contribution is 7.88. The van der Waals surface area contributed by atoms with E-state index in [-0.39, 0.29) is 17.9 Å². The van der Waals surface area contributed by atoms with Gasteiger partial charge in [0.25, 0.3) is 0 Å². The number of hydrogen-bond donors (Lipinski definition) is 1. The lowest BCUT2D eigenvalue weighted by atomic mass is 10.1. The number of ether oxygens (including phenoxy) is 1. The van der Waals surface area contributed by atoms with Crippen molar-refractivity contribution in [2.45, 2.75) is 49.6 Å². The first kappa shape index (κ1) is 16.9. The number of nitrogens with zero attached hydrogens (tertiary/aromatic N) is 1. The zero-order chi connectivity index (χ0) is 16.3. The number of benzene rings is 1. The third-order valence-electron chi connectivity index (χ3n) is 4.99. The second-order valence-corrected chi connectivity index (χ2v) is 8.36. The van der Waals surface area contributed by atoms with Gasteiger partial charge in [0, 0.05) is 32.3 Å². The molecule has 2 aliphatic rings. The maximum Gasteiger partial charge on any atom is 0.216 e. The molecule has 1 saturated heterocycles. The van der Waals surface area contributed by atoms with E-state index in [4.69, 9.17) is 4.74 Å². The molecule has 1 saturated carbocycles. The highest BCUT2D eigenvalue weighted by Gasteiger charge is 2.37. The summed E-state index contributed by atoms with van der Waals surface area (Å²) in [6.07, 6.45) is 4.40. The molecule has 0 amide bonds. The van der Waals surface area contributed by atoms with Crippen molar-refractivity contribution in [2.75, 3.05) is 20.2 Å². The smallest absolute Gasteiger partial charge is 0.216 e. The Hall–Kier alpha value is -0.950. The fourth-order valence-electron chi connectivity index (χ4n) is 3.83. The first-order valence-corrected chi connectivity index (χ1v) is 10.0. The molecule has 3 atom stereocenters. The van der Waals surface area contributed by atoms with Crippen LogP contribution in [0.5, 0.6) is 0 Å². The van der Waals surface area contributed by atoms with Crippen molar-refractivity contribution >= 4 is 10.0 Å². The van der Waals surface area contributed by atoms with Crippen LogP contribution in [0.2, 0.25) is 0 Å². The van der Waals surface area contributed by atoms with E-state index in [0.717, 1.165) is 44.3 Å². The van der Waals surface area contributed by atoms with Gasteiger partial charge in [0.2, 0.25) is 10.0 Å². The van der Waals surface area contributed by atoms with Gasteiger partial charge >= 0.3 is 0 Å². The molecule has 1 N–H and O–H groups in total. The third kappa shape index (κ3) is 4.32. The fraction of sp³-hybridized carbons (Fsp3) is 0.647. The maximum atomic E-state index is 12.5. The van der Waals surface area contributed by atoms with Crippen LogP contribution in [-0.2, 0) is 20.5 Å². The molecule has 0 bridgehead atoms. The van der Waals surface area contributed by atoms with E-state index >= 15 is 0 Å². The van der Waals surface area contributed by atoms with Crippen LogP contribution in [0.25, 0.3) is 0 Å². The van der Waals surface area contributed by atoms with Crippen LogP contribution in [0, 0.1) is 0 Å². The van der Waals surface area contributed by atoms with Crippen LogP contribution in [0.3, 0.4) is 0 Å². The molecule has 3 rings (SSSR count). The second-order valence-electron chi connectivity index (χ2n) is 6.61. The number of sulfonamides is 1. The van der Waals surface area contributed by atoms with Gasteiger partial charge in [0.1, 0.15) is 0 Å². The Morgan fingerprint density at radius 2 is 2.00 bits per heavy atom. The van der Waals surface area contributed by atoms with Crippen molar-refractivity contribution < 1.29 is 13.2 Å². The van der Waals surface area contributed by atoms with Crippen molar-refractivity contribution in [1.29, 1.82) is 0 Å². The first-order valence-electron chi connectivity index (χ1n) is 8.38. The minimum absolute atomic E-state index is 0.0271. The molecule has 0 aromatic heterocycles. The molecule has 1 aliphatic carbocycles. The van der Waals surface area contributed by atoms with Crippen molar-refractivity contribution in [1.82, 2.24) is 9.62 Å². The maximum absolute atomic E-state index is 12.5. The highest BCUT2D eigenvalue weighted by atomic mass is 32.2. The van der Waals surface area contributed by atoms with Gasteiger partial charge in [-0.3, -0.25) is 4.90 Å². The number of methoxy groups -OCH3 is 1. The molecule has 23 heavy (non-hydrogen) atoms. The van der Waals surface area contributed by atoms with Crippen molar-refractivity contribution in [3.8, 4) is 0 Å². The van der Waals surface area contributed by atoms with Crippen LogP contribution in [0.15, 0.2) is 30.3 Å². The summed E-state index contributed by atoms with van der Waals surface area (Å²) in [7, 11) is -1.55. The molecule has 1 aromatic carbocycles. The standard InChI is InChI=1S/C17H26N2O3S/c1-22-15-10-11-19(12-15)17-9-5-8-16(17)18-23(20,21)13-14-6-3-2-4-7-14/h2-4,6-7,15-18H,5,8-13H2,1H3/t15?,16-,17+/m1/s1. The summed E-state index contributed by atoms with van der Waals surface area (Å²) in [5.74, 6) is 0.0533. The quantitative estimate of drug-likeness (QED) is 0.858. The van der Waals surface area contributed by atoms with Gasteiger partial charge in [-0.2, -0.15) is 0 Å². The third-order valence-corrected chi connectivity index (χ3v) is 6.36. The summed E-state index contributed by atoms with van der Waals surface area (Å²) in [5.41, 5.74) is 0.829. The Kier molecular flexibility index (Phi) is 5.36. The monoisotopic (exact) mass is 338 g/mol. The summed E-state index contributed by atoms with van der Waals surface area (Å²) in [6.45, 7) is 1.91. The molecule has 1 aliphatic heterocycles. The molecule has 1 unspecified atom stereocenters. The Labute approximate surface area is 139 Å². The van der Waals surface area contributed by atoms with Crippen molar-refractivity contribution in [3.63, 3.8) is 0 Å². The summed E-state index contributed by atoms with van der Waals surface area (Å²) >= 11 is 0. The summed E-state index contributed by atoms with van der Waals surface area (Å²) in [6, 6.07) is 9.69. The molecule has 6 heteroatoms. The van der Waals surface area contributed by atoms with Crippen molar-refractivity contribution in [3.05, 3.63) is 35.9 Å². The van der Waals surface area contributed by atoms with Gasteiger partial charge in [0.05, 0.1) is 11.9 Å². The average molecular weight is 338 g/mol. The van der Waals surface area contributed by atoms with E-state index in [2.05, 4.69) is 9.62 Å². The topological polar surface area (TPSA) is 58.6 Å². The van der Waals surface area contributed by atoms with Crippen LogP contribution >= 0.6 is 0 Å². The zero-order valence-electron chi connectivity index (χ0n) is 13.6. The fourth-order valence-corrected chi connectivity index (χ4v) is 5.28. The lowest BCUT2D eigenvalue weighted by molar-refractivity contribution is 0.0991. The molecule has 0 radical (unpaired) electrons. The SMILES string of the molecule is COC1CCN([C@H]2CCC[C@H]2NS(=O)(=O)Cc2ccccc2)C1. The average Bonchev–Trinajstić information content (AvgIpc) is 3.15. The second kappa shape index (κ2) is 7.30. The van der Waals surface area contributed by atoms with Crippen LogP contribution in [0.1, 0.15) is 31.2 Å². The van der Waals surface area contributed by atoms with E-state index < -0.39 is 10.0 Å². The summed E-state index contributed by atoms with van der Waals surface area (Å²) in [5, 5.41) is 0. The van der Waals surface area contributed by atoms with Gasteiger partial charge in [-0.1, -0.05) is 36.8 Å². The highest BCUT2D eigenvalue weighted by Crippen LogP contribution is 2.28. The van der Waals surface area contributed by atoms with Gasteiger partial charge < -0.3 is 4.74 Å². The van der Waals surface area contributed by atoms with E-state index in [1.807, 2.05) is 30.3 Å². The molecule has 128 valence electrons. The van der Waals surface area contributed by atoms with Crippen LogP contribution in [0.4, 0.5) is 0 Å². The summed E-state index contributed by atoms with van der Waals surface area (Å²) < 4.78 is 33.4. The Bertz CT molecular complexity index is 606. The van der Waals surface area contributed by atoms with E-state index in [9.17, 15) is 8.42 Å². The Balaban J connectivity index is 1.62. The predicted molar refractivity (Wildman–Crippen MR) is 90.6 cm³/mol. The molecule has 1 heterocycles. The van der Waals surface area contributed by atoms with E-state index in [1.165, 1.54) is 0 Å². The lowest BCUT2D eigenvalue weighted by Crippen LogP contribution is -2.48. The lowest BCUT2D eigenvalue weighted by Gasteiger charge is -2.29. The van der Waals surface area contributed by atoms with Crippen molar-refractivity contribution in [2.24, 2.45) is 0 Å². The Morgan fingerprint density at radius 1 is 1.22 bits per heavy atom. The normalized spacial score (nSPS) is 29.2. The minimum Gasteiger partial charge on any atom is -0.380 e. The van der Waals surface area contributed by atoms with Gasteiger partial charge in [-0.05, 0) is 24.8 Å². The van der Waals surface area contributed by atoms with Crippen LogP contribution in [-0.4, -0.2) is 51.7 Å². The van der Waals surface area contributed by atoms with Gasteiger partial charge in [-0.25, -0.2) is 13.1 Å². The van der Waals surface area contributed by atoms with Crippen LogP contribution < -0.4 is 4.72 Å². The number of nitrogens with one attached hydrogen (secondary N) is 1. The van der Waals surface area contributed by atoms with E-state index in [1.54, 1.807) is 7.11 Å². The predicted octanol–water partition coefficient (Wildman–Crippen LogP) is 1.75. The number of rotatable bonds is 6. The molecular formula is C17H26N2O3S. The minimum atomic E-state index is -3.31. The molecular weight excluding hydrogens is 312 g/mol. The van der Waals surface area contributed by atoms with Gasteiger partial charge in [0.15, 0.2) is 0 Å². The molecule has 1 aromatic rings. The zero-order valence-corrected chi connectivity index (χ0v) is 14.5. The number of likely N-dealkylation sites (tertiary alicyclic amines) is 1. The summed E-state index contributed by atoms with van der Waals surface area (Å²) in [4.78, 5) is 2.40. The number of hydrogen-bond acceptors (Lipinski definition) is 4.